The Morgan fingerprint density at radius 1 is 1.16 bits per heavy atom. The maximum Gasteiger partial charge on any atom is 0.0731 e. The molecule has 3 heteroatoms. The van der Waals surface area contributed by atoms with Crippen molar-refractivity contribution in [2.75, 3.05) is 13.2 Å². The van der Waals surface area contributed by atoms with E-state index in [4.69, 9.17) is 10.5 Å². The summed E-state index contributed by atoms with van der Waals surface area (Å²) in [7, 11) is 0. The summed E-state index contributed by atoms with van der Waals surface area (Å²) >= 11 is 0. The van der Waals surface area contributed by atoms with Gasteiger partial charge in [-0.3, -0.25) is 4.90 Å². The quantitative estimate of drug-likeness (QED) is 0.906. The summed E-state index contributed by atoms with van der Waals surface area (Å²) in [6.45, 7) is 3.60. The number of morpholine rings is 1. The fraction of sp³-hybridized carbons (Fsp3) is 0.625. The highest BCUT2D eigenvalue weighted by Crippen LogP contribution is 2.29. The van der Waals surface area contributed by atoms with Gasteiger partial charge in [0, 0.05) is 25.7 Å². The van der Waals surface area contributed by atoms with Crippen molar-refractivity contribution in [1.29, 1.82) is 0 Å². The lowest BCUT2D eigenvalue weighted by Gasteiger charge is -2.44. The minimum absolute atomic E-state index is 0.465. The Morgan fingerprint density at radius 2 is 1.95 bits per heavy atom. The molecule has 0 aromatic heterocycles. The third-order valence-corrected chi connectivity index (χ3v) is 4.56. The molecule has 0 amide bonds. The van der Waals surface area contributed by atoms with Crippen LogP contribution in [0.5, 0.6) is 0 Å². The molecule has 2 N–H and O–H groups in total. The van der Waals surface area contributed by atoms with Gasteiger partial charge in [0.05, 0.1) is 12.7 Å². The van der Waals surface area contributed by atoms with Crippen LogP contribution in [0, 0.1) is 0 Å². The lowest BCUT2D eigenvalue weighted by atomic mass is 9.89. The lowest BCUT2D eigenvalue weighted by molar-refractivity contribution is -0.0911. The van der Waals surface area contributed by atoms with Crippen LogP contribution in [0.15, 0.2) is 24.3 Å². The fourth-order valence-corrected chi connectivity index (χ4v) is 3.50. The first-order valence-electron chi connectivity index (χ1n) is 7.51. The van der Waals surface area contributed by atoms with Gasteiger partial charge in [-0.1, -0.05) is 37.1 Å². The van der Waals surface area contributed by atoms with Gasteiger partial charge in [0.25, 0.3) is 0 Å². The number of hydrogen-bond donors (Lipinski definition) is 1. The molecule has 0 radical (unpaired) electrons. The SMILES string of the molecule is NCc1ccccc1CN1CCOC2CCCCC21. The Balaban J connectivity index is 1.74. The number of fused-ring (bicyclic) bond motifs is 1. The van der Waals surface area contributed by atoms with Gasteiger partial charge in [-0.2, -0.15) is 0 Å². The molecule has 1 aliphatic heterocycles. The molecule has 0 spiro atoms. The number of benzene rings is 1. The van der Waals surface area contributed by atoms with Crippen LogP contribution in [0.2, 0.25) is 0 Å². The molecule has 3 nitrogen and oxygen atoms in total. The maximum absolute atomic E-state index is 5.94. The van der Waals surface area contributed by atoms with Gasteiger partial charge in [0.2, 0.25) is 0 Å². The Kier molecular flexibility index (Phi) is 4.16. The molecule has 2 atom stereocenters. The van der Waals surface area contributed by atoms with E-state index >= 15 is 0 Å². The van der Waals surface area contributed by atoms with E-state index in [0.717, 1.165) is 19.7 Å². The van der Waals surface area contributed by atoms with Crippen molar-refractivity contribution in [3.8, 4) is 0 Å². The molecular formula is C16H24N2O. The van der Waals surface area contributed by atoms with Gasteiger partial charge in [0.1, 0.15) is 0 Å². The molecule has 1 saturated carbocycles. The van der Waals surface area contributed by atoms with E-state index in [9.17, 15) is 0 Å². The average molecular weight is 260 g/mol. The molecule has 104 valence electrons. The Bertz CT molecular complexity index is 419. The highest BCUT2D eigenvalue weighted by Gasteiger charge is 2.34. The van der Waals surface area contributed by atoms with Gasteiger partial charge in [0.15, 0.2) is 0 Å². The number of hydrogen-bond acceptors (Lipinski definition) is 3. The van der Waals surface area contributed by atoms with Gasteiger partial charge in [-0.15, -0.1) is 0 Å². The molecule has 3 rings (SSSR count). The first kappa shape index (κ1) is 13.1. The van der Waals surface area contributed by atoms with E-state index in [1.54, 1.807) is 0 Å². The van der Waals surface area contributed by atoms with Crippen LogP contribution in [0.3, 0.4) is 0 Å². The summed E-state index contributed by atoms with van der Waals surface area (Å²) in [6.07, 6.45) is 5.66. The van der Waals surface area contributed by atoms with Crippen molar-refractivity contribution < 1.29 is 4.74 Å². The van der Waals surface area contributed by atoms with Gasteiger partial charge >= 0.3 is 0 Å². The van der Waals surface area contributed by atoms with E-state index in [0.29, 0.717) is 18.7 Å². The normalized spacial score (nSPS) is 28.1. The van der Waals surface area contributed by atoms with Gasteiger partial charge < -0.3 is 10.5 Å². The highest BCUT2D eigenvalue weighted by atomic mass is 16.5. The monoisotopic (exact) mass is 260 g/mol. The van der Waals surface area contributed by atoms with Crippen molar-refractivity contribution in [3.63, 3.8) is 0 Å². The second-order valence-electron chi connectivity index (χ2n) is 5.70. The highest BCUT2D eigenvalue weighted by molar-refractivity contribution is 5.27. The zero-order valence-corrected chi connectivity index (χ0v) is 11.6. The summed E-state index contributed by atoms with van der Waals surface area (Å²) in [4.78, 5) is 2.61. The number of rotatable bonds is 3. The molecule has 1 aromatic rings. The zero-order valence-electron chi connectivity index (χ0n) is 11.6. The van der Waals surface area contributed by atoms with Gasteiger partial charge in [-0.05, 0) is 24.0 Å². The molecule has 1 aromatic carbocycles. The summed E-state index contributed by atoms with van der Waals surface area (Å²) in [5.74, 6) is 0. The smallest absolute Gasteiger partial charge is 0.0731 e. The average Bonchev–Trinajstić information content (AvgIpc) is 2.48. The van der Waals surface area contributed by atoms with E-state index < -0.39 is 0 Å². The Labute approximate surface area is 115 Å². The number of ether oxygens (including phenoxy) is 1. The predicted octanol–water partition coefficient (Wildman–Crippen LogP) is 2.29. The van der Waals surface area contributed by atoms with Gasteiger partial charge in [-0.25, -0.2) is 0 Å². The van der Waals surface area contributed by atoms with Crippen LogP contribution in [-0.4, -0.2) is 30.2 Å². The summed E-state index contributed by atoms with van der Waals surface area (Å²) in [5.41, 5.74) is 8.51. The predicted molar refractivity (Wildman–Crippen MR) is 76.7 cm³/mol. The largest absolute Gasteiger partial charge is 0.375 e. The molecule has 2 unspecified atom stereocenters. The van der Waals surface area contributed by atoms with Crippen LogP contribution in [0.1, 0.15) is 36.8 Å². The van der Waals surface area contributed by atoms with Crippen LogP contribution in [-0.2, 0) is 17.8 Å². The Morgan fingerprint density at radius 3 is 2.79 bits per heavy atom. The van der Waals surface area contributed by atoms with E-state index in [1.807, 2.05) is 0 Å². The lowest BCUT2D eigenvalue weighted by Crippen LogP contribution is -2.52. The van der Waals surface area contributed by atoms with E-state index in [1.165, 1.54) is 36.8 Å². The van der Waals surface area contributed by atoms with Crippen molar-refractivity contribution in [2.45, 2.75) is 50.9 Å². The molecular weight excluding hydrogens is 236 g/mol. The second kappa shape index (κ2) is 6.04. The first-order chi connectivity index (χ1) is 9.38. The van der Waals surface area contributed by atoms with Crippen LogP contribution >= 0.6 is 0 Å². The molecule has 1 saturated heterocycles. The molecule has 1 heterocycles. The van der Waals surface area contributed by atoms with Crippen molar-refractivity contribution >= 4 is 0 Å². The molecule has 0 bridgehead atoms. The third-order valence-electron chi connectivity index (χ3n) is 4.56. The van der Waals surface area contributed by atoms with E-state index in [2.05, 4.69) is 29.2 Å². The summed E-state index contributed by atoms with van der Waals surface area (Å²) in [5, 5.41) is 0. The summed E-state index contributed by atoms with van der Waals surface area (Å²) < 4.78 is 5.94. The van der Waals surface area contributed by atoms with Crippen molar-refractivity contribution in [2.24, 2.45) is 5.73 Å². The second-order valence-corrected chi connectivity index (χ2v) is 5.70. The van der Waals surface area contributed by atoms with Crippen LogP contribution < -0.4 is 5.73 Å². The Hall–Kier alpha value is -0.900. The standard InChI is InChI=1S/C16H24N2O/c17-11-13-5-1-2-6-14(13)12-18-9-10-19-16-8-4-3-7-15(16)18/h1-2,5-6,15-16H,3-4,7-12,17H2. The minimum Gasteiger partial charge on any atom is -0.375 e. The molecule has 1 aliphatic carbocycles. The molecule has 19 heavy (non-hydrogen) atoms. The minimum atomic E-state index is 0.465. The zero-order chi connectivity index (χ0) is 13.1. The van der Waals surface area contributed by atoms with E-state index in [-0.39, 0.29) is 0 Å². The van der Waals surface area contributed by atoms with Crippen molar-refractivity contribution in [1.82, 2.24) is 4.90 Å². The molecule has 2 aliphatic rings. The summed E-state index contributed by atoms with van der Waals surface area (Å²) in [6, 6.07) is 9.18. The third kappa shape index (κ3) is 2.83. The first-order valence-corrected chi connectivity index (χ1v) is 7.51. The number of nitrogens with two attached hydrogens (primary N) is 1. The molecule has 2 fully saturated rings. The fourth-order valence-electron chi connectivity index (χ4n) is 3.50. The topological polar surface area (TPSA) is 38.5 Å². The maximum atomic E-state index is 5.94. The van der Waals surface area contributed by atoms with Crippen LogP contribution in [0.4, 0.5) is 0 Å². The number of nitrogens with zero attached hydrogens (tertiary/aromatic N) is 1. The van der Waals surface area contributed by atoms with Crippen LogP contribution in [0.25, 0.3) is 0 Å². The van der Waals surface area contributed by atoms with Crippen molar-refractivity contribution in [3.05, 3.63) is 35.4 Å².